The van der Waals surface area contributed by atoms with Gasteiger partial charge >= 0.3 is 0 Å². The van der Waals surface area contributed by atoms with Crippen LogP contribution in [-0.2, 0) is 4.74 Å². The Hall–Kier alpha value is -2.01. The predicted molar refractivity (Wildman–Crippen MR) is 75.2 cm³/mol. The molecule has 1 heterocycles. The Bertz CT molecular complexity index is 537. The van der Waals surface area contributed by atoms with Crippen LogP contribution in [0.4, 0.5) is 5.95 Å². The highest BCUT2D eigenvalue weighted by Gasteiger charge is 2.07. The molecule has 0 saturated carbocycles. The first kappa shape index (κ1) is 13.4. The zero-order chi connectivity index (χ0) is 13.7. The van der Waals surface area contributed by atoms with E-state index in [4.69, 9.17) is 9.47 Å². The Kier molecular flexibility index (Phi) is 4.41. The summed E-state index contributed by atoms with van der Waals surface area (Å²) in [6, 6.07) is 5.98. The van der Waals surface area contributed by atoms with E-state index in [1.807, 2.05) is 29.0 Å². The van der Waals surface area contributed by atoms with E-state index < -0.39 is 0 Å². The molecular weight excluding hydrogens is 242 g/mol. The number of rotatable bonds is 6. The third-order valence-corrected chi connectivity index (χ3v) is 2.89. The number of aryl methyl sites for hydroxylation is 1. The van der Waals surface area contributed by atoms with Crippen LogP contribution in [0.1, 0.15) is 5.56 Å². The van der Waals surface area contributed by atoms with Crippen LogP contribution in [0.5, 0.6) is 5.75 Å². The first-order valence-electron chi connectivity index (χ1n) is 6.17. The molecule has 0 fully saturated rings. The molecule has 0 saturated heterocycles. The minimum absolute atomic E-state index is 0.647. The number of anilines is 1. The molecule has 0 spiro atoms. The maximum absolute atomic E-state index is 5.22. The predicted octanol–water partition coefficient (Wildman–Crippen LogP) is 2.25. The van der Waals surface area contributed by atoms with Gasteiger partial charge in [0.15, 0.2) is 0 Å². The summed E-state index contributed by atoms with van der Waals surface area (Å²) in [6.45, 7) is 3.42. The smallest absolute Gasteiger partial charge is 0.207 e. The Morgan fingerprint density at radius 3 is 2.84 bits per heavy atom. The lowest BCUT2D eigenvalue weighted by Crippen LogP contribution is -2.12. The summed E-state index contributed by atoms with van der Waals surface area (Å²) in [6.07, 6.45) is 3.71. The largest absolute Gasteiger partial charge is 0.497 e. The molecule has 0 atom stereocenters. The molecule has 1 N–H and O–H groups in total. The summed E-state index contributed by atoms with van der Waals surface area (Å²) < 4.78 is 12.3. The molecule has 0 aliphatic heterocycles. The maximum atomic E-state index is 5.22. The topological polar surface area (TPSA) is 48.3 Å². The molecule has 0 aliphatic carbocycles. The summed E-state index contributed by atoms with van der Waals surface area (Å²) in [5, 5.41) is 3.24. The second-order valence-electron chi connectivity index (χ2n) is 4.19. The van der Waals surface area contributed by atoms with E-state index >= 15 is 0 Å². The van der Waals surface area contributed by atoms with Gasteiger partial charge in [-0.3, -0.25) is 4.57 Å². The second kappa shape index (κ2) is 6.24. The number of nitrogens with zero attached hydrogens (tertiary/aromatic N) is 2. The normalized spacial score (nSPS) is 10.5. The van der Waals surface area contributed by atoms with Crippen LogP contribution in [0, 0.1) is 6.92 Å². The molecule has 1 aromatic carbocycles. The lowest BCUT2D eigenvalue weighted by molar-refractivity contribution is 0.210. The van der Waals surface area contributed by atoms with Gasteiger partial charge in [0, 0.05) is 26.0 Å². The van der Waals surface area contributed by atoms with Crippen molar-refractivity contribution in [2.45, 2.75) is 6.92 Å². The van der Waals surface area contributed by atoms with Crippen LogP contribution >= 0.6 is 0 Å². The van der Waals surface area contributed by atoms with E-state index in [-0.39, 0.29) is 0 Å². The number of hydrogen-bond donors (Lipinski definition) is 1. The first-order valence-corrected chi connectivity index (χ1v) is 6.17. The average molecular weight is 261 g/mol. The van der Waals surface area contributed by atoms with Crippen LogP contribution < -0.4 is 10.1 Å². The van der Waals surface area contributed by atoms with Gasteiger partial charge in [-0.2, -0.15) is 0 Å². The van der Waals surface area contributed by atoms with E-state index in [1.54, 1.807) is 20.4 Å². The molecule has 0 aliphatic rings. The monoisotopic (exact) mass is 261 g/mol. The fraction of sp³-hybridized carbons (Fsp3) is 0.357. The minimum atomic E-state index is 0.647. The highest BCUT2D eigenvalue weighted by Crippen LogP contribution is 2.22. The lowest BCUT2D eigenvalue weighted by Gasteiger charge is -2.13. The summed E-state index contributed by atoms with van der Waals surface area (Å²) in [4.78, 5) is 4.31. The average Bonchev–Trinajstić information content (AvgIpc) is 2.87. The molecule has 0 radical (unpaired) electrons. The van der Waals surface area contributed by atoms with Crippen molar-refractivity contribution in [2.75, 3.05) is 32.7 Å². The van der Waals surface area contributed by atoms with Crippen molar-refractivity contribution >= 4 is 5.95 Å². The van der Waals surface area contributed by atoms with Gasteiger partial charge in [-0.15, -0.1) is 0 Å². The van der Waals surface area contributed by atoms with E-state index in [1.165, 1.54) is 0 Å². The van der Waals surface area contributed by atoms with Gasteiger partial charge in [-0.05, 0) is 30.7 Å². The third kappa shape index (κ3) is 3.06. The Balaban J connectivity index is 2.24. The quantitative estimate of drug-likeness (QED) is 0.810. The number of nitrogens with one attached hydrogen (secondary N) is 1. The van der Waals surface area contributed by atoms with Crippen molar-refractivity contribution in [1.82, 2.24) is 9.55 Å². The van der Waals surface area contributed by atoms with Crippen LogP contribution in [0.15, 0.2) is 30.6 Å². The van der Waals surface area contributed by atoms with Gasteiger partial charge < -0.3 is 14.8 Å². The molecule has 2 rings (SSSR count). The van der Waals surface area contributed by atoms with Gasteiger partial charge in [0.25, 0.3) is 0 Å². The van der Waals surface area contributed by atoms with E-state index in [9.17, 15) is 0 Å². The van der Waals surface area contributed by atoms with Crippen LogP contribution in [0.25, 0.3) is 5.69 Å². The van der Waals surface area contributed by atoms with Crippen molar-refractivity contribution in [3.8, 4) is 11.4 Å². The molecule has 102 valence electrons. The number of imidazole rings is 1. The van der Waals surface area contributed by atoms with Gasteiger partial charge in [0.1, 0.15) is 5.75 Å². The number of benzene rings is 1. The summed E-state index contributed by atoms with van der Waals surface area (Å²) >= 11 is 0. The molecule has 0 amide bonds. The minimum Gasteiger partial charge on any atom is -0.497 e. The Labute approximate surface area is 113 Å². The van der Waals surface area contributed by atoms with Crippen molar-refractivity contribution in [3.63, 3.8) is 0 Å². The highest BCUT2D eigenvalue weighted by molar-refractivity contribution is 5.49. The van der Waals surface area contributed by atoms with Crippen LogP contribution in [0.2, 0.25) is 0 Å². The van der Waals surface area contributed by atoms with E-state index in [0.717, 1.165) is 29.5 Å². The lowest BCUT2D eigenvalue weighted by atomic mass is 10.2. The summed E-state index contributed by atoms with van der Waals surface area (Å²) in [5.74, 6) is 1.67. The highest BCUT2D eigenvalue weighted by atomic mass is 16.5. The second-order valence-corrected chi connectivity index (χ2v) is 4.19. The number of aromatic nitrogens is 2. The van der Waals surface area contributed by atoms with Crippen molar-refractivity contribution in [2.24, 2.45) is 0 Å². The van der Waals surface area contributed by atoms with Crippen molar-refractivity contribution in [3.05, 3.63) is 36.2 Å². The summed E-state index contributed by atoms with van der Waals surface area (Å²) in [5.41, 5.74) is 2.21. The first-order chi connectivity index (χ1) is 9.26. The van der Waals surface area contributed by atoms with E-state index in [2.05, 4.69) is 17.2 Å². The standard InChI is InChI=1S/C14H19N3O2/c1-11-10-12(19-3)4-5-13(11)17-8-6-15-14(17)16-7-9-18-2/h4-6,8,10H,7,9H2,1-3H3,(H,15,16). The van der Waals surface area contributed by atoms with Crippen molar-refractivity contribution in [1.29, 1.82) is 0 Å². The molecule has 1 aromatic heterocycles. The van der Waals surface area contributed by atoms with Crippen molar-refractivity contribution < 1.29 is 9.47 Å². The fourth-order valence-corrected chi connectivity index (χ4v) is 1.92. The Morgan fingerprint density at radius 1 is 1.32 bits per heavy atom. The fourth-order valence-electron chi connectivity index (χ4n) is 1.92. The number of methoxy groups -OCH3 is 2. The zero-order valence-corrected chi connectivity index (χ0v) is 11.5. The van der Waals surface area contributed by atoms with E-state index in [0.29, 0.717) is 6.61 Å². The van der Waals surface area contributed by atoms with Gasteiger partial charge in [-0.1, -0.05) is 0 Å². The third-order valence-electron chi connectivity index (χ3n) is 2.89. The van der Waals surface area contributed by atoms with Gasteiger partial charge in [0.05, 0.1) is 19.4 Å². The molecule has 0 unspecified atom stereocenters. The number of hydrogen-bond acceptors (Lipinski definition) is 4. The molecule has 0 bridgehead atoms. The number of ether oxygens (including phenoxy) is 2. The molecule has 5 heteroatoms. The molecular formula is C14H19N3O2. The zero-order valence-electron chi connectivity index (χ0n) is 11.5. The molecule has 5 nitrogen and oxygen atoms in total. The Morgan fingerprint density at radius 2 is 2.16 bits per heavy atom. The summed E-state index contributed by atoms with van der Waals surface area (Å²) in [7, 11) is 3.35. The molecule has 19 heavy (non-hydrogen) atoms. The molecule has 2 aromatic rings. The van der Waals surface area contributed by atoms with Gasteiger partial charge in [-0.25, -0.2) is 4.98 Å². The van der Waals surface area contributed by atoms with Gasteiger partial charge in [0.2, 0.25) is 5.95 Å². The van der Waals surface area contributed by atoms with Crippen LogP contribution in [-0.4, -0.2) is 36.9 Å². The SMILES string of the molecule is COCCNc1nccn1-c1ccc(OC)cc1C. The van der Waals surface area contributed by atoms with Crippen LogP contribution in [0.3, 0.4) is 0 Å². The maximum Gasteiger partial charge on any atom is 0.207 e.